The van der Waals surface area contributed by atoms with E-state index in [1.54, 1.807) is 6.07 Å². The van der Waals surface area contributed by atoms with Crippen molar-refractivity contribution in [2.24, 2.45) is 0 Å². The van der Waals surface area contributed by atoms with E-state index >= 15 is 4.39 Å². The molecule has 14 heteroatoms. The fraction of sp³-hybridized carbons (Fsp3) is 0.160. The highest BCUT2D eigenvalue weighted by atomic mass is 19.2. The summed E-state index contributed by atoms with van der Waals surface area (Å²) in [5.74, 6) is -10.0. The van der Waals surface area contributed by atoms with Gasteiger partial charge in [0.1, 0.15) is 29.4 Å². The lowest BCUT2D eigenvalue weighted by Crippen LogP contribution is -2.27. The first-order valence-corrected chi connectivity index (χ1v) is 11.3. The van der Waals surface area contributed by atoms with Gasteiger partial charge >= 0.3 is 0 Å². The highest BCUT2D eigenvalue weighted by molar-refractivity contribution is 5.98. The molecule has 0 bridgehead atoms. The van der Waals surface area contributed by atoms with E-state index < -0.39 is 40.6 Å². The Morgan fingerprint density at radius 1 is 1.10 bits per heavy atom. The van der Waals surface area contributed by atoms with E-state index in [9.17, 15) is 22.4 Å². The maximum absolute atomic E-state index is 15.3. The Balaban J connectivity index is 1.51. The van der Waals surface area contributed by atoms with Crippen molar-refractivity contribution in [1.29, 1.82) is 5.26 Å². The maximum atomic E-state index is 15.3. The second-order valence-corrected chi connectivity index (χ2v) is 8.48. The third-order valence-electron chi connectivity index (χ3n) is 6.13. The van der Waals surface area contributed by atoms with E-state index in [0.717, 1.165) is 24.3 Å². The smallest absolute Gasteiger partial charge is 0.247 e. The highest BCUT2D eigenvalue weighted by Crippen LogP contribution is 2.37. The van der Waals surface area contributed by atoms with Crippen LogP contribution in [0.15, 0.2) is 42.7 Å². The van der Waals surface area contributed by atoms with Crippen LogP contribution in [0.1, 0.15) is 12.5 Å². The molecule has 2 N–H and O–H groups in total. The number of hydrogen-bond donors (Lipinski definition) is 1. The molecule has 0 saturated carbocycles. The van der Waals surface area contributed by atoms with E-state index in [1.165, 1.54) is 22.0 Å². The molecule has 4 aromatic rings. The van der Waals surface area contributed by atoms with Gasteiger partial charge in [-0.2, -0.15) is 19.1 Å². The van der Waals surface area contributed by atoms with Crippen LogP contribution in [-0.2, 0) is 4.79 Å². The Morgan fingerprint density at radius 2 is 1.85 bits per heavy atom. The van der Waals surface area contributed by atoms with Crippen LogP contribution >= 0.6 is 0 Å². The van der Waals surface area contributed by atoms with Gasteiger partial charge in [-0.15, -0.1) is 0 Å². The number of nitriles is 1. The predicted molar refractivity (Wildman–Crippen MR) is 126 cm³/mol. The lowest BCUT2D eigenvalue weighted by molar-refractivity contribution is -0.125. The van der Waals surface area contributed by atoms with Crippen LogP contribution in [0.4, 0.5) is 27.8 Å². The molecule has 1 atom stereocenters. The number of aromatic nitrogens is 4. The van der Waals surface area contributed by atoms with Gasteiger partial charge in [-0.25, -0.2) is 27.8 Å². The van der Waals surface area contributed by atoms with Crippen molar-refractivity contribution < 1.29 is 31.5 Å². The number of carbonyl (C=O) groups excluding carboxylic acids is 1. The van der Waals surface area contributed by atoms with Gasteiger partial charge in [-0.3, -0.25) is 4.79 Å². The summed E-state index contributed by atoms with van der Waals surface area (Å²) >= 11 is 0. The summed E-state index contributed by atoms with van der Waals surface area (Å²) in [7, 11) is 0. The topological polar surface area (TPSA) is 123 Å². The number of benzene rings is 2. The molecule has 2 aromatic heterocycles. The molecule has 0 spiro atoms. The van der Waals surface area contributed by atoms with Crippen molar-refractivity contribution in [2.45, 2.75) is 12.5 Å². The molecule has 1 aliphatic heterocycles. The van der Waals surface area contributed by atoms with Crippen LogP contribution in [0.25, 0.3) is 22.3 Å². The van der Waals surface area contributed by atoms with Gasteiger partial charge in [0.05, 0.1) is 17.5 Å². The number of ether oxygens (including phenoxy) is 1. The monoisotopic (exact) mass is 541 g/mol. The number of fused-ring (bicyclic) bond motifs is 1. The highest BCUT2D eigenvalue weighted by Gasteiger charge is 2.31. The molecule has 0 aliphatic carbocycles. The van der Waals surface area contributed by atoms with Crippen LogP contribution in [0.5, 0.6) is 11.5 Å². The Kier molecular flexibility index (Phi) is 6.57. The quantitative estimate of drug-likeness (QED) is 0.172. The third kappa shape index (κ3) is 4.58. The van der Waals surface area contributed by atoms with E-state index in [2.05, 4.69) is 15.1 Å². The minimum absolute atomic E-state index is 0.00300. The first-order valence-electron chi connectivity index (χ1n) is 11.3. The fourth-order valence-corrected chi connectivity index (χ4v) is 4.30. The van der Waals surface area contributed by atoms with Crippen molar-refractivity contribution in [1.82, 2.24) is 24.6 Å². The number of nitrogens with zero attached hydrogens (tertiary/aromatic N) is 6. The molecule has 5 rings (SSSR count). The minimum Gasteiger partial charge on any atom is -0.451 e. The molecule has 0 radical (unpaired) electrons. The Labute approximate surface area is 216 Å². The Hall–Kier alpha value is -5.06. The Bertz CT molecular complexity index is 1670. The molecule has 0 unspecified atom stereocenters. The van der Waals surface area contributed by atoms with Gasteiger partial charge in [0, 0.05) is 42.9 Å². The predicted octanol–water partition coefficient (Wildman–Crippen LogP) is 4.42. The maximum Gasteiger partial charge on any atom is 0.247 e. The van der Waals surface area contributed by atoms with Crippen LogP contribution in [0.3, 0.4) is 0 Å². The zero-order chi connectivity index (χ0) is 27.8. The van der Waals surface area contributed by atoms with Gasteiger partial charge in [-0.1, -0.05) is 0 Å². The number of anilines is 1. The van der Waals surface area contributed by atoms with E-state index in [1.807, 2.05) is 0 Å². The fourth-order valence-electron chi connectivity index (χ4n) is 4.30. The standard InChI is InChI=1S/C25H16F5N7O2/c26-15-8-13(39-23-20(29)16(27)9-17(28)21(23)30)3-4-14(15)22-19-24(32)33-11-34-25(19)37(35-22)12-5-7-36(10-12)18(38)2-1-6-31/h1-4,8-9,11-12H,5,7,10H2,(H2,32,33,34)/b2-1-/t12-/m1/s1. The molecular weight excluding hydrogens is 525 g/mol. The number of carbonyl (C=O) groups is 1. The van der Waals surface area contributed by atoms with E-state index in [-0.39, 0.29) is 52.7 Å². The molecule has 3 heterocycles. The van der Waals surface area contributed by atoms with Gasteiger partial charge < -0.3 is 15.4 Å². The number of nitrogens with two attached hydrogens (primary N) is 1. The third-order valence-corrected chi connectivity index (χ3v) is 6.13. The SMILES string of the molecule is N#C/C=C\C(=O)N1CC[C@@H](n2nc(-c3ccc(Oc4c(F)c(F)cc(F)c4F)cc3F)c3c(N)ncnc32)C1. The summed E-state index contributed by atoms with van der Waals surface area (Å²) in [6.45, 7) is 0.621. The molecule has 2 aromatic carbocycles. The molecule has 198 valence electrons. The Morgan fingerprint density at radius 3 is 2.54 bits per heavy atom. The molecule has 1 amide bonds. The summed E-state index contributed by atoms with van der Waals surface area (Å²) in [6, 6.07) is 4.51. The second kappa shape index (κ2) is 10.0. The normalized spacial score (nSPS) is 15.3. The van der Waals surface area contributed by atoms with Crippen molar-refractivity contribution in [3.63, 3.8) is 0 Å². The molecular formula is C25H16F5N7O2. The summed E-state index contributed by atoms with van der Waals surface area (Å²) in [5, 5.41) is 13.4. The number of likely N-dealkylation sites (tertiary alicyclic amines) is 1. The summed E-state index contributed by atoms with van der Waals surface area (Å²) in [6.07, 6.45) is 3.93. The molecule has 39 heavy (non-hydrogen) atoms. The summed E-state index contributed by atoms with van der Waals surface area (Å²) in [4.78, 5) is 22.0. The molecule has 9 nitrogen and oxygen atoms in total. The number of allylic oxidation sites excluding steroid dienone is 1. The number of amides is 1. The van der Waals surface area contributed by atoms with Gasteiger partial charge in [0.15, 0.2) is 17.3 Å². The van der Waals surface area contributed by atoms with Crippen molar-refractivity contribution in [3.05, 3.63) is 71.8 Å². The van der Waals surface area contributed by atoms with Crippen molar-refractivity contribution >= 4 is 22.8 Å². The first kappa shape index (κ1) is 25.6. The molecule has 1 aliphatic rings. The molecule has 1 saturated heterocycles. The summed E-state index contributed by atoms with van der Waals surface area (Å²) < 4.78 is 76.8. The molecule has 1 fully saturated rings. The minimum atomic E-state index is -1.78. The van der Waals surface area contributed by atoms with Crippen LogP contribution < -0.4 is 10.5 Å². The van der Waals surface area contributed by atoms with Crippen molar-refractivity contribution in [2.75, 3.05) is 18.8 Å². The van der Waals surface area contributed by atoms with E-state index in [4.69, 9.17) is 15.7 Å². The van der Waals surface area contributed by atoms with Crippen LogP contribution in [0, 0.1) is 40.4 Å². The number of rotatable bonds is 5. The van der Waals surface area contributed by atoms with Crippen LogP contribution in [0.2, 0.25) is 0 Å². The van der Waals surface area contributed by atoms with E-state index in [0.29, 0.717) is 13.0 Å². The lowest BCUT2D eigenvalue weighted by atomic mass is 10.1. The number of nitrogen functional groups attached to an aromatic ring is 1. The average Bonchev–Trinajstić information content (AvgIpc) is 3.55. The van der Waals surface area contributed by atoms with Gasteiger partial charge in [0.25, 0.3) is 0 Å². The zero-order valence-electron chi connectivity index (χ0n) is 19.7. The summed E-state index contributed by atoms with van der Waals surface area (Å²) in [5.41, 5.74) is 6.31. The number of hydrogen-bond acceptors (Lipinski definition) is 7. The largest absolute Gasteiger partial charge is 0.451 e. The van der Waals surface area contributed by atoms with Crippen molar-refractivity contribution in [3.8, 4) is 28.8 Å². The van der Waals surface area contributed by atoms with Crippen LogP contribution in [-0.4, -0.2) is 43.6 Å². The second-order valence-electron chi connectivity index (χ2n) is 8.48. The zero-order valence-corrected chi connectivity index (χ0v) is 19.7. The van der Waals surface area contributed by atoms with Gasteiger partial charge in [0.2, 0.25) is 23.3 Å². The lowest BCUT2D eigenvalue weighted by Gasteiger charge is -2.14. The van der Waals surface area contributed by atoms with Gasteiger partial charge in [-0.05, 0) is 18.6 Å². The number of halogens is 5. The average molecular weight is 541 g/mol. The first-order chi connectivity index (χ1) is 18.7.